The largest absolute Gasteiger partial charge is 0.510 e. The van der Waals surface area contributed by atoms with Gasteiger partial charge in [-0.05, 0) is 6.92 Å². The molecule has 0 aliphatic heterocycles. The summed E-state index contributed by atoms with van der Waals surface area (Å²) < 4.78 is 8.86. The van der Waals surface area contributed by atoms with Crippen LogP contribution in [0.5, 0.6) is 0 Å². The van der Waals surface area contributed by atoms with Gasteiger partial charge in [-0.1, -0.05) is 12.7 Å². The minimum Gasteiger partial charge on any atom is -0.430 e. The molecular weight excluding hydrogens is 134 g/mol. The molecule has 2 N–H and O–H groups in total. The number of hydrogen-bond donors (Lipinski definition) is 1. The van der Waals surface area contributed by atoms with E-state index in [4.69, 9.17) is 5.73 Å². The first-order valence-electron chi connectivity index (χ1n) is 2.86. The average molecular weight is 145 g/mol. The van der Waals surface area contributed by atoms with E-state index < -0.39 is 12.4 Å². The third-order valence-corrected chi connectivity index (χ3v) is 0.601. The van der Waals surface area contributed by atoms with Crippen molar-refractivity contribution in [2.45, 2.75) is 13.2 Å². The Labute approximate surface area is 59.6 Å². The van der Waals surface area contributed by atoms with Crippen molar-refractivity contribution in [3.8, 4) is 0 Å². The highest BCUT2D eigenvalue weighted by Crippen LogP contribution is 1.87. The molecule has 58 valence electrons. The second-order valence-electron chi connectivity index (χ2n) is 1.67. The van der Waals surface area contributed by atoms with Gasteiger partial charge in [0.1, 0.15) is 6.61 Å². The minimum atomic E-state index is -0.769. The maximum absolute atomic E-state index is 10.4. The third kappa shape index (κ3) is 5.11. The van der Waals surface area contributed by atoms with Crippen LogP contribution in [0.4, 0.5) is 4.79 Å². The van der Waals surface area contributed by atoms with Gasteiger partial charge in [0.05, 0.1) is 0 Å². The lowest BCUT2D eigenvalue weighted by Gasteiger charge is -2.06. The maximum Gasteiger partial charge on any atom is 0.510 e. The van der Waals surface area contributed by atoms with Crippen LogP contribution in [-0.4, -0.2) is 19.0 Å². The molecule has 10 heavy (non-hydrogen) atoms. The molecule has 0 saturated heterocycles. The zero-order chi connectivity index (χ0) is 7.98. The summed E-state index contributed by atoms with van der Waals surface area (Å²) in [4.78, 5) is 10.4. The summed E-state index contributed by atoms with van der Waals surface area (Å²) in [5, 5.41) is 0. The second-order valence-corrected chi connectivity index (χ2v) is 1.67. The normalized spacial score (nSPS) is 11.8. The number of ether oxygens (including phenoxy) is 2. The molecule has 4 nitrogen and oxygen atoms in total. The summed E-state index contributed by atoms with van der Waals surface area (Å²) in [7, 11) is 0. The molecule has 0 amide bonds. The Balaban J connectivity index is 3.34. The molecule has 4 heteroatoms. The Morgan fingerprint density at radius 3 is 2.90 bits per heavy atom. The van der Waals surface area contributed by atoms with Gasteiger partial charge in [-0.2, -0.15) is 0 Å². The fourth-order valence-electron chi connectivity index (χ4n) is 0.313. The standard InChI is InChI=1S/C6H11NO3/c1-3-4-9-6(8)10-5(2)7/h3,5H,1,4,7H2,2H3. The predicted octanol–water partition coefficient (Wildman–Crippen LogP) is 0.630. The van der Waals surface area contributed by atoms with E-state index in [9.17, 15) is 4.79 Å². The van der Waals surface area contributed by atoms with Crippen LogP contribution in [0, 0.1) is 0 Å². The molecule has 0 radical (unpaired) electrons. The zero-order valence-corrected chi connectivity index (χ0v) is 5.87. The number of rotatable bonds is 3. The van der Waals surface area contributed by atoms with Gasteiger partial charge in [0.15, 0.2) is 6.23 Å². The number of nitrogens with two attached hydrogens (primary N) is 1. The van der Waals surface area contributed by atoms with E-state index in [-0.39, 0.29) is 6.61 Å². The van der Waals surface area contributed by atoms with Crippen molar-refractivity contribution >= 4 is 6.16 Å². The smallest absolute Gasteiger partial charge is 0.430 e. The number of carbonyl (C=O) groups excluding carboxylic acids is 1. The van der Waals surface area contributed by atoms with Crippen LogP contribution in [0.2, 0.25) is 0 Å². The van der Waals surface area contributed by atoms with Crippen LogP contribution < -0.4 is 5.73 Å². The first kappa shape index (κ1) is 8.97. The Kier molecular flexibility index (Phi) is 4.32. The van der Waals surface area contributed by atoms with E-state index in [1.165, 1.54) is 13.0 Å². The van der Waals surface area contributed by atoms with E-state index in [0.29, 0.717) is 0 Å². The summed E-state index contributed by atoms with van der Waals surface area (Å²) in [6.07, 6.45) is 0.0508. The number of carbonyl (C=O) groups is 1. The van der Waals surface area contributed by atoms with Crippen molar-refractivity contribution in [3.63, 3.8) is 0 Å². The van der Waals surface area contributed by atoms with Crippen molar-refractivity contribution in [1.29, 1.82) is 0 Å². The summed E-state index contributed by atoms with van der Waals surface area (Å²) in [6, 6.07) is 0. The Hall–Kier alpha value is -1.03. The van der Waals surface area contributed by atoms with Gasteiger partial charge < -0.3 is 9.47 Å². The van der Waals surface area contributed by atoms with Crippen molar-refractivity contribution in [3.05, 3.63) is 12.7 Å². The van der Waals surface area contributed by atoms with Crippen molar-refractivity contribution in [2.24, 2.45) is 5.73 Å². The summed E-state index contributed by atoms with van der Waals surface area (Å²) in [6.45, 7) is 5.03. The van der Waals surface area contributed by atoms with Gasteiger partial charge in [0.2, 0.25) is 0 Å². The first-order valence-corrected chi connectivity index (χ1v) is 2.86. The molecule has 0 rings (SSSR count). The van der Waals surface area contributed by atoms with E-state index in [1.54, 1.807) is 0 Å². The van der Waals surface area contributed by atoms with Crippen LogP contribution in [-0.2, 0) is 9.47 Å². The van der Waals surface area contributed by atoms with Crippen LogP contribution in [0.3, 0.4) is 0 Å². The van der Waals surface area contributed by atoms with E-state index in [2.05, 4.69) is 16.1 Å². The third-order valence-electron chi connectivity index (χ3n) is 0.601. The van der Waals surface area contributed by atoms with E-state index >= 15 is 0 Å². The van der Waals surface area contributed by atoms with Crippen molar-refractivity contribution < 1.29 is 14.3 Å². The molecule has 0 aliphatic rings. The molecule has 0 spiro atoms. The van der Waals surface area contributed by atoms with Gasteiger partial charge in [-0.3, -0.25) is 5.73 Å². The van der Waals surface area contributed by atoms with E-state index in [1.807, 2.05) is 0 Å². The van der Waals surface area contributed by atoms with Gasteiger partial charge in [-0.15, -0.1) is 0 Å². The van der Waals surface area contributed by atoms with Crippen LogP contribution >= 0.6 is 0 Å². The lowest BCUT2D eigenvalue weighted by molar-refractivity contribution is 0.0378. The summed E-state index contributed by atoms with van der Waals surface area (Å²) >= 11 is 0. The maximum atomic E-state index is 10.4. The first-order chi connectivity index (χ1) is 4.66. The van der Waals surface area contributed by atoms with Gasteiger partial charge in [0, 0.05) is 0 Å². The predicted molar refractivity (Wildman–Crippen MR) is 36.3 cm³/mol. The lowest BCUT2D eigenvalue weighted by Crippen LogP contribution is -2.23. The SMILES string of the molecule is C=CCOC(=O)OC(C)N. The Morgan fingerprint density at radius 1 is 1.90 bits per heavy atom. The van der Waals surface area contributed by atoms with Crippen molar-refractivity contribution in [2.75, 3.05) is 6.61 Å². The summed E-state index contributed by atoms with van der Waals surface area (Å²) in [5.74, 6) is 0. The molecule has 0 saturated carbocycles. The minimum absolute atomic E-state index is 0.144. The van der Waals surface area contributed by atoms with Gasteiger partial charge in [-0.25, -0.2) is 4.79 Å². The van der Waals surface area contributed by atoms with E-state index in [0.717, 1.165) is 0 Å². The highest BCUT2D eigenvalue weighted by atomic mass is 16.7. The highest BCUT2D eigenvalue weighted by Gasteiger charge is 2.03. The lowest BCUT2D eigenvalue weighted by atomic mass is 10.7. The van der Waals surface area contributed by atoms with Crippen molar-refractivity contribution in [1.82, 2.24) is 0 Å². The van der Waals surface area contributed by atoms with Crippen LogP contribution in [0.1, 0.15) is 6.92 Å². The molecule has 1 atom stereocenters. The highest BCUT2D eigenvalue weighted by molar-refractivity contribution is 5.60. The van der Waals surface area contributed by atoms with Crippen LogP contribution in [0.25, 0.3) is 0 Å². The van der Waals surface area contributed by atoms with Gasteiger partial charge >= 0.3 is 6.16 Å². The summed E-state index contributed by atoms with van der Waals surface area (Å²) in [5.41, 5.74) is 5.12. The second kappa shape index (κ2) is 4.81. The number of hydrogen-bond acceptors (Lipinski definition) is 4. The molecule has 0 aliphatic carbocycles. The average Bonchev–Trinajstić information content (AvgIpc) is 1.82. The van der Waals surface area contributed by atoms with Crippen LogP contribution in [0.15, 0.2) is 12.7 Å². The Morgan fingerprint density at radius 2 is 2.50 bits per heavy atom. The molecule has 0 aromatic carbocycles. The molecule has 0 bridgehead atoms. The molecule has 0 heterocycles. The molecule has 0 aromatic rings. The zero-order valence-electron chi connectivity index (χ0n) is 5.87. The molecular formula is C6H11NO3. The fraction of sp³-hybridized carbons (Fsp3) is 0.500. The molecule has 0 aromatic heterocycles. The van der Waals surface area contributed by atoms with Gasteiger partial charge in [0.25, 0.3) is 0 Å². The quantitative estimate of drug-likeness (QED) is 0.359. The topological polar surface area (TPSA) is 61.5 Å². The fourth-order valence-corrected chi connectivity index (χ4v) is 0.313. The Bertz CT molecular complexity index is 122. The molecule has 1 unspecified atom stereocenters. The molecule has 0 fully saturated rings. The monoisotopic (exact) mass is 145 g/mol.